The van der Waals surface area contributed by atoms with Crippen molar-refractivity contribution in [1.29, 1.82) is 0 Å². The number of phenolic OH excluding ortho intramolecular Hbond substituents is 1. The third-order valence-electron chi connectivity index (χ3n) is 3.01. The van der Waals surface area contributed by atoms with Gasteiger partial charge in [0.15, 0.2) is 0 Å². The number of aromatic hydroxyl groups is 1. The van der Waals surface area contributed by atoms with Gasteiger partial charge in [0.1, 0.15) is 11.5 Å². The predicted molar refractivity (Wildman–Crippen MR) is 67.4 cm³/mol. The topological polar surface area (TPSA) is 29.5 Å². The Morgan fingerprint density at radius 3 is 2.69 bits per heavy atom. The summed E-state index contributed by atoms with van der Waals surface area (Å²) in [5, 5.41) is 9.56. The molecule has 88 valence electrons. The first kappa shape index (κ1) is 11.6. The Hall–Kier alpha value is -0.830. The molecule has 16 heavy (non-hydrogen) atoms. The SMILES string of the molecule is CSc1cc(OC2CCCCC2)ccc1O. The molecule has 0 saturated heterocycles. The van der Waals surface area contributed by atoms with E-state index in [1.165, 1.54) is 19.3 Å². The van der Waals surface area contributed by atoms with E-state index in [-0.39, 0.29) is 0 Å². The molecule has 1 aromatic rings. The molecule has 0 amide bonds. The molecule has 1 fully saturated rings. The first-order valence-corrected chi connectivity index (χ1v) is 7.06. The van der Waals surface area contributed by atoms with Crippen LogP contribution in [-0.2, 0) is 0 Å². The van der Waals surface area contributed by atoms with E-state index in [0.717, 1.165) is 23.5 Å². The Bertz CT molecular complexity index is 346. The van der Waals surface area contributed by atoms with Gasteiger partial charge in [-0.25, -0.2) is 0 Å². The molecule has 1 N–H and O–H groups in total. The lowest BCUT2D eigenvalue weighted by Crippen LogP contribution is -2.19. The third kappa shape index (κ3) is 2.85. The first-order chi connectivity index (χ1) is 7.79. The van der Waals surface area contributed by atoms with E-state index in [1.807, 2.05) is 18.4 Å². The number of phenols is 1. The molecular formula is C13H18O2S. The Morgan fingerprint density at radius 2 is 2.00 bits per heavy atom. The Kier molecular flexibility index (Phi) is 3.99. The summed E-state index contributed by atoms with van der Waals surface area (Å²) in [6, 6.07) is 5.49. The van der Waals surface area contributed by atoms with Gasteiger partial charge < -0.3 is 9.84 Å². The Labute approximate surface area is 101 Å². The predicted octanol–water partition coefficient (Wildman–Crippen LogP) is 3.83. The van der Waals surface area contributed by atoms with Crippen molar-refractivity contribution in [2.45, 2.75) is 43.1 Å². The van der Waals surface area contributed by atoms with Crippen LogP contribution < -0.4 is 4.74 Å². The second-order valence-electron chi connectivity index (χ2n) is 4.21. The van der Waals surface area contributed by atoms with E-state index < -0.39 is 0 Å². The van der Waals surface area contributed by atoms with Crippen molar-refractivity contribution >= 4 is 11.8 Å². The summed E-state index contributed by atoms with van der Waals surface area (Å²) < 4.78 is 5.93. The maximum Gasteiger partial charge on any atom is 0.129 e. The van der Waals surface area contributed by atoms with Gasteiger partial charge in [0.25, 0.3) is 0 Å². The minimum atomic E-state index is 0.337. The fourth-order valence-electron chi connectivity index (χ4n) is 2.11. The van der Waals surface area contributed by atoms with Gasteiger partial charge in [-0.2, -0.15) is 0 Å². The number of thioether (sulfide) groups is 1. The van der Waals surface area contributed by atoms with Crippen molar-refractivity contribution in [3.05, 3.63) is 18.2 Å². The second-order valence-corrected chi connectivity index (χ2v) is 5.06. The summed E-state index contributed by atoms with van der Waals surface area (Å²) >= 11 is 1.54. The quantitative estimate of drug-likeness (QED) is 0.812. The number of benzene rings is 1. The van der Waals surface area contributed by atoms with Gasteiger partial charge in [-0.1, -0.05) is 6.42 Å². The molecule has 0 radical (unpaired) electrons. The van der Waals surface area contributed by atoms with E-state index in [0.29, 0.717) is 11.9 Å². The van der Waals surface area contributed by atoms with Crippen molar-refractivity contribution in [3.8, 4) is 11.5 Å². The summed E-state index contributed by atoms with van der Waals surface area (Å²) in [4.78, 5) is 0.883. The molecule has 0 heterocycles. The van der Waals surface area contributed by atoms with Gasteiger partial charge in [0.2, 0.25) is 0 Å². The van der Waals surface area contributed by atoms with Crippen LogP contribution in [-0.4, -0.2) is 17.5 Å². The van der Waals surface area contributed by atoms with Crippen LogP contribution in [0.25, 0.3) is 0 Å². The minimum absolute atomic E-state index is 0.337. The second kappa shape index (κ2) is 5.48. The van der Waals surface area contributed by atoms with Crippen molar-refractivity contribution in [2.24, 2.45) is 0 Å². The molecule has 1 saturated carbocycles. The van der Waals surface area contributed by atoms with E-state index >= 15 is 0 Å². The number of rotatable bonds is 3. The molecule has 3 heteroatoms. The van der Waals surface area contributed by atoms with Crippen LogP contribution in [0.1, 0.15) is 32.1 Å². The summed E-state index contributed by atoms with van der Waals surface area (Å²) in [5.74, 6) is 1.22. The molecule has 1 aliphatic carbocycles. The zero-order valence-electron chi connectivity index (χ0n) is 9.61. The van der Waals surface area contributed by atoms with Crippen LogP contribution in [0.2, 0.25) is 0 Å². The van der Waals surface area contributed by atoms with E-state index in [1.54, 1.807) is 17.8 Å². The summed E-state index contributed by atoms with van der Waals surface area (Å²) in [5.41, 5.74) is 0. The average molecular weight is 238 g/mol. The van der Waals surface area contributed by atoms with Crippen LogP contribution in [0, 0.1) is 0 Å². The van der Waals surface area contributed by atoms with Crippen molar-refractivity contribution in [1.82, 2.24) is 0 Å². The maximum atomic E-state index is 9.56. The lowest BCUT2D eigenvalue weighted by molar-refractivity contribution is 0.154. The summed E-state index contributed by atoms with van der Waals surface area (Å²) in [6.45, 7) is 0. The molecule has 1 aliphatic rings. The number of ether oxygens (including phenoxy) is 1. The summed E-state index contributed by atoms with van der Waals surface area (Å²) in [6.07, 6.45) is 8.54. The van der Waals surface area contributed by atoms with Gasteiger partial charge >= 0.3 is 0 Å². The lowest BCUT2D eigenvalue weighted by Gasteiger charge is -2.23. The molecule has 2 nitrogen and oxygen atoms in total. The van der Waals surface area contributed by atoms with Gasteiger partial charge in [-0.05, 0) is 50.1 Å². The highest BCUT2D eigenvalue weighted by molar-refractivity contribution is 7.98. The van der Waals surface area contributed by atoms with Gasteiger partial charge in [-0.3, -0.25) is 0 Å². The van der Waals surface area contributed by atoms with Crippen LogP contribution in [0.4, 0.5) is 0 Å². The minimum Gasteiger partial charge on any atom is -0.507 e. The number of hydrogen-bond donors (Lipinski definition) is 1. The molecule has 0 atom stereocenters. The average Bonchev–Trinajstić information content (AvgIpc) is 2.33. The molecule has 0 bridgehead atoms. The van der Waals surface area contributed by atoms with Gasteiger partial charge in [0.05, 0.1) is 11.0 Å². The smallest absolute Gasteiger partial charge is 0.129 e. The Balaban J connectivity index is 2.03. The maximum absolute atomic E-state index is 9.56. The van der Waals surface area contributed by atoms with E-state index in [4.69, 9.17) is 4.74 Å². The highest BCUT2D eigenvalue weighted by Crippen LogP contribution is 2.32. The zero-order chi connectivity index (χ0) is 11.4. The Morgan fingerprint density at radius 1 is 1.25 bits per heavy atom. The highest BCUT2D eigenvalue weighted by Gasteiger charge is 2.15. The van der Waals surface area contributed by atoms with Crippen molar-refractivity contribution in [3.63, 3.8) is 0 Å². The summed E-state index contributed by atoms with van der Waals surface area (Å²) in [7, 11) is 0. The first-order valence-electron chi connectivity index (χ1n) is 5.83. The van der Waals surface area contributed by atoms with Crippen molar-refractivity contribution < 1.29 is 9.84 Å². The van der Waals surface area contributed by atoms with Crippen LogP contribution in [0.5, 0.6) is 11.5 Å². The number of hydrogen-bond acceptors (Lipinski definition) is 3. The molecule has 0 spiro atoms. The van der Waals surface area contributed by atoms with Crippen LogP contribution >= 0.6 is 11.8 Å². The largest absolute Gasteiger partial charge is 0.507 e. The molecular weight excluding hydrogens is 220 g/mol. The lowest BCUT2D eigenvalue weighted by atomic mass is 9.98. The molecule has 2 rings (SSSR count). The third-order valence-corrected chi connectivity index (χ3v) is 3.77. The fraction of sp³-hybridized carbons (Fsp3) is 0.538. The van der Waals surface area contributed by atoms with Crippen LogP contribution in [0.15, 0.2) is 23.1 Å². The molecule has 1 aromatic carbocycles. The highest BCUT2D eigenvalue weighted by atomic mass is 32.2. The van der Waals surface area contributed by atoms with E-state index in [9.17, 15) is 5.11 Å². The van der Waals surface area contributed by atoms with Gasteiger partial charge in [0, 0.05) is 0 Å². The monoisotopic (exact) mass is 238 g/mol. The van der Waals surface area contributed by atoms with Crippen molar-refractivity contribution in [2.75, 3.05) is 6.26 Å². The normalized spacial score (nSPS) is 17.3. The fourth-order valence-corrected chi connectivity index (χ4v) is 2.62. The molecule has 0 unspecified atom stereocenters. The van der Waals surface area contributed by atoms with Gasteiger partial charge in [-0.15, -0.1) is 11.8 Å². The van der Waals surface area contributed by atoms with E-state index in [2.05, 4.69) is 0 Å². The molecule has 0 aliphatic heterocycles. The zero-order valence-corrected chi connectivity index (χ0v) is 10.4. The van der Waals surface area contributed by atoms with Crippen LogP contribution in [0.3, 0.4) is 0 Å². The molecule has 0 aromatic heterocycles. The standard InChI is InChI=1S/C13H18O2S/c1-16-13-9-11(7-8-12(13)14)15-10-5-3-2-4-6-10/h7-10,14H,2-6H2,1H3.